The fourth-order valence-electron chi connectivity index (χ4n) is 2.83. The fraction of sp³-hybridized carbons (Fsp3) is 0.625. The number of morpholine rings is 1. The number of carbonyl (C=O) groups excluding carboxylic acids is 1. The molecule has 1 saturated heterocycles. The number of fused-ring (bicyclic) bond motifs is 1. The zero-order valence-electron chi connectivity index (χ0n) is 14.6. The summed E-state index contributed by atoms with van der Waals surface area (Å²) in [6.45, 7) is 5.90. The molecular formula is C16H24ClN7O2. The largest absolute Gasteiger partial charge is 0.379 e. The molecule has 3 N–H and O–H groups in total. The number of aromatic amines is 1. The van der Waals surface area contributed by atoms with E-state index in [1.54, 1.807) is 6.33 Å². The molecular weight excluding hydrogens is 358 g/mol. The molecule has 0 atom stereocenters. The van der Waals surface area contributed by atoms with Crippen LogP contribution in [0.2, 0.25) is 5.28 Å². The van der Waals surface area contributed by atoms with Gasteiger partial charge >= 0.3 is 0 Å². The standard InChI is InChI=1S/C16H24ClN7O2/c17-16-22-14(13-15(23-16)21-11-20-13)19-4-1-3-12(25)18-5-2-6-24-7-9-26-10-8-24/h11H,1-10H2,(H,18,25)(H2,19,20,21,22,23). The van der Waals surface area contributed by atoms with E-state index >= 15 is 0 Å². The third kappa shape index (κ3) is 5.52. The lowest BCUT2D eigenvalue weighted by Gasteiger charge is -2.26. The first-order valence-corrected chi connectivity index (χ1v) is 9.27. The van der Waals surface area contributed by atoms with Gasteiger partial charge in [0.25, 0.3) is 0 Å². The predicted molar refractivity (Wildman–Crippen MR) is 99.3 cm³/mol. The van der Waals surface area contributed by atoms with Crippen LogP contribution in [0.4, 0.5) is 5.82 Å². The Morgan fingerprint density at radius 3 is 2.96 bits per heavy atom. The summed E-state index contributed by atoms with van der Waals surface area (Å²) in [5, 5.41) is 6.29. The molecule has 1 fully saturated rings. The van der Waals surface area contributed by atoms with E-state index < -0.39 is 0 Å². The number of hydrogen-bond donors (Lipinski definition) is 3. The van der Waals surface area contributed by atoms with Gasteiger partial charge in [0.1, 0.15) is 5.52 Å². The molecule has 1 amide bonds. The SMILES string of the molecule is O=C(CCCNc1nc(Cl)nc2nc[nH]c12)NCCCN1CCOCC1. The molecule has 2 aromatic rings. The number of halogens is 1. The van der Waals surface area contributed by atoms with E-state index in [4.69, 9.17) is 16.3 Å². The van der Waals surface area contributed by atoms with Crippen molar-refractivity contribution >= 4 is 34.5 Å². The van der Waals surface area contributed by atoms with E-state index in [1.165, 1.54) is 0 Å². The number of anilines is 1. The van der Waals surface area contributed by atoms with Crippen LogP contribution in [0.15, 0.2) is 6.33 Å². The molecule has 0 aliphatic carbocycles. The normalized spacial score (nSPS) is 15.3. The Balaban J connectivity index is 1.29. The number of amides is 1. The number of imidazole rings is 1. The van der Waals surface area contributed by atoms with Crippen molar-refractivity contribution < 1.29 is 9.53 Å². The van der Waals surface area contributed by atoms with Gasteiger partial charge < -0.3 is 20.4 Å². The summed E-state index contributed by atoms with van der Waals surface area (Å²) < 4.78 is 5.32. The van der Waals surface area contributed by atoms with Gasteiger partial charge in [-0.3, -0.25) is 9.69 Å². The maximum atomic E-state index is 11.9. The van der Waals surface area contributed by atoms with E-state index in [0.717, 1.165) is 39.3 Å². The first-order chi connectivity index (χ1) is 12.7. The predicted octanol–water partition coefficient (Wildman–Crippen LogP) is 1.04. The molecule has 10 heteroatoms. The van der Waals surface area contributed by atoms with Gasteiger partial charge in [0.2, 0.25) is 11.2 Å². The van der Waals surface area contributed by atoms with Crippen LogP contribution in [-0.2, 0) is 9.53 Å². The Hall–Kier alpha value is -1.97. The van der Waals surface area contributed by atoms with Crippen LogP contribution in [0.1, 0.15) is 19.3 Å². The van der Waals surface area contributed by atoms with Crippen molar-refractivity contribution in [1.29, 1.82) is 0 Å². The summed E-state index contributed by atoms with van der Waals surface area (Å²) in [5.74, 6) is 0.671. The molecule has 3 heterocycles. The van der Waals surface area contributed by atoms with E-state index in [9.17, 15) is 4.79 Å². The average Bonchev–Trinajstić information content (AvgIpc) is 3.11. The number of nitrogens with zero attached hydrogens (tertiary/aromatic N) is 4. The minimum Gasteiger partial charge on any atom is -0.379 e. The molecule has 0 saturated carbocycles. The lowest BCUT2D eigenvalue weighted by molar-refractivity contribution is -0.121. The smallest absolute Gasteiger partial charge is 0.226 e. The van der Waals surface area contributed by atoms with Crippen LogP contribution in [0, 0.1) is 0 Å². The van der Waals surface area contributed by atoms with Gasteiger partial charge in [-0.05, 0) is 31.0 Å². The van der Waals surface area contributed by atoms with Gasteiger partial charge in [0.05, 0.1) is 19.5 Å². The highest BCUT2D eigenvalue weighted by Gasteiger charge is 2.10. The first-order valence-electron chi connectivity index (χ1n) is 8.89. The number of carbonyl (C=O) groups is 1. The Bertz CT molecular complexity index is 718. The molecule has 2 aromatic heterocycles. The molecule has 1 aliphatic heterocycles. The number of rotatable bonds is 9. The van der Waals surface area contributed by atoms with E-state index in [0.29, 0.717) is 42.9 Å². The summed E-state index contributed by atoms with van der Waals surface area (Å²) >= 11 is 5.88. The summed E-state index contributed by atoms with van der Waals surface area (Å²) in [4.78, 5) is 29.5. The molecule has 3 rings (SSSR count). The Morgan fingerprint density at radius 1 is 1.27 bits per heavy atom. The molecule has 0 aromatic carbocycles. The van der Waals surface area contributed by atoms with E-state index in [-0.39, 0.29) is 11.2 Å². The highest BCUT2D eigenvalue weighted by molar-refractivity contribution is 6.28. The molecule has 0 spiro atoms. The van der Waals surface area contributed by atoms with Crippen LogP contribution < -0.4 is 10.6 Å². The minimum atomic E-state index is 0.0705. The van der Waals surface area contributed by atoms with E-state index in [2.05, 4.69) is 35.5 Å². The number of nitrogens with one attached hydrogen (secondary N) is 3. The van der Waals surface area contributed by atoms with Gasteiger partial charge in [0.15, 0.2) is 11.5 Å². The molecule has 0 radical (unpaired) electrons. The van der Waals surface area contributed by atoms with Crippen LogP contribution >= 0.6 is 11.6 Å². The minimum absolute atomic E-state index is 0.0705. The van der Waals surface area contributed by atoms with Crippen molar-refractivity contribution in [1.82, 2.24) is 30.2 Å². The molecule has 9 nitrogen and oxygen atoms in total. The maximum Gasteiger partial charge on any atom is 0.226 e. The second-order valence-electron chi connectivity index (χ2n) is 6.13. The quantitative estimate of drug-likeness (QED) is 0.440. The number of H-pyrrole nitrogens is 1. The summed E-state index contributed by atoms with van der Waals surface area (Å²) in [6, 6.07) is 0. The van der Waals surface area contributed by atoms with Crippen molar-refractivity contribution in [2.24, 2.45) is 0 Å². The second-order valence-corrected chi connectivity index (χ2v) is 6.47. The van der Waals surface area contributed by atoms with Gasteiger partial charge in [-0.1, -0.05) is 0 Å². The monoisotopic (exact) mass is 381 g/mol. The van der Waals surface area contributed by atoms with Crippen molar-refractivity contribution in [2.45, 2.75) is 19.3 Å². The Kier molecular flexibility index (Phi) is 6.98. The van der Waals surface area contributed by atoms with Crippen LogP contribution in [0.3, 0.4) is 0 Å². The highest BCUT2D eigenvalue weighted by atomic mass is 35.5. The first kappa shape index (κ1) is 18.8. The lowest BCUT2D eigenvalue weighted by atomic mass is 10.3. The topological polar surface area (TPSA) is 108 Å². The zero-order chi connectivity index (χ0) is 18.2. The average molecular weight is 382 g/mol. The van der Waals surface area contributed by atoms with Crippen LogP contribution in [0.25, 0.3) is 11.2 Å². The van der Waals surface area contributed by atoms with Crippen LogP contribution in [-0.4, -0.2) is 76.7 Å². The van der Waals surface area contributed by atoms with Crippen molar-refractivity contribution in [2.75, 3.05) is 51.3 Å². The summed E-state index contributed by atoms with van der Waals surface area (Å²) in [7, 11) is 0. The Labute approximate surface area is 156 Å². The number of aromatic nitrogens is 4. The summed E-state index contributed by atoms with van der Waals surface area (Å²) in [5.41, 5.74) is 1.23. The molecule has 1 aliphatic rings. The molecule has 26 heavy (non-hydrogen) atoms. The number of ether oxygens (including phenoxy) is 1. The van der Waals surface area contributed by atoms with Crippen molar-refractivity contribution in [3.8, 4) is 0 Å². The van der Waals surface area contributed by atoms with Crippen molar-refractivity contribution in [3.05, 3.63) is 11.6 Å². The van der Waals surface area contributed by atoms with E-state index in [1.807, 2.05) is 0 Å². The van der Waals surface area contributed by atoms with Gasteiger partial charge in [0, 0.05) is 32.6 Å². The van der Waals surface area contributed by atoms with Gasteiger partial charge in [-0.2, -0.15) is 9.97 Å². The molecule has 142 valence electrons. The lowest BCUT2D eigenvalue weighted by Crippen LogP contribution is -2.38. The highest BCUT2D eigenvalue weighted by Crippen LogP contribution is 2.18. The molecule has 0 unspecified atom stereocenters. The summed E-state index contributed by atoms with van der Waals surface area (Å²) in [6.07, 6.45) is 3.68. The van der Waals surface area contributed by atoms with Gasteiger partial charge in [-0.25, -0.2) is 4.98 Å². The fourth-order valence-corrected chi connectivity index (χ4v) is 3.00. The third-order valence-corrected chi connectivity index (χ3v) is 4.38. The Morgan fingerprint density at radius 2 is 2.12 bits per heavy atom. The zero-order valence-corrected chi connectivity index (χ0v) is 15.4. The maximum absolute atomic E-state index is 11.9. The molecule has 0 bridgehead atoms. The van der Waals surface area contributed by atoms with Crippen LogP contribution in [0.5, 0.6) is 0 Å². The van der Waals surface area contributed by atoms with Gasteiger partial charge in [-0.15, -0.1) is 0 Å². The third-order valence-electron chi connectivity index (χ3n) is 4.21. The van der Waals surface area contributed by atoms with Crippen molar-refractivity contribution in [3.63, 3.8) is 0 Å². The second kappa shape index (κ2) is 9.65. The number of hydrogen-bond acceptors (Lipinski definition) is 7.